The van der Waals surface area contributed by atoms with Crippen LogP contribution in [0.2, 0.25) is 0 Å². The number of anilines is 1. The first-order valence-electron chi connectivity index (χ1n) is 10.4. The Morgan fingerprint density at radius 2 is 2.13 bits per heavy atom. The lowest BCUT2D eigenvalue weighted by atomic mass is 9.94. The lowest BCUT2D eigenvalue weighted by Crippen LogP contribution is -2.42. The average molecular weight is 419 g/mol. The zero-order chi connectivity index (χ0) is 22.2. The number of nitrogens with two attached hydrogens (primary N) is 1. The molecule has 0 radical (unpaired) electrons. The van der Waals surface area contributed by atoms with Crippen molar-refractivity contribution in [3.8, 4) is 17.2 Å². The molecule has 0 bridgehead atoms. The van der Waals surface area contributed by atoms with Crippen LogP contribution in [0.15, 0.2) is 36.5 Å². The summed E-state index contributed by atoms with van der Waals surface area (Å²) >= 11 is 0. The molecule has 3 heterocycles. The second kappa shape index (κ2) is 7.91. The van der Waals surface area contributed by atoms with E-state index in [1.165, 1.54) is 0 Å². The van der Waals surface area contributed by atoms with Gasteiger partial charge in [-0.1, -0.05) is 12.1 Å². The summed E-state index contributed by atoms with van der Waals surface area (Å²) in [4.78, 5) is 19.2. The Bertz CT molecular complexity index is 1170. The summed E-state index contributed by atoms with van der Waals surface area (Å²) in [5, 5.41) is 13.6. The molecule has 0 spiro atoms. The van der Waals surface area contributed by atoms with E-state index in [1.807, 2.05) is 45.0 Å². The largest absolute Gasteiger partial charge is 0.444 e. The van der Waals surface area contributed by atoms with Gasteiger partial charge in [-0.15, -0.1) is 0 Å². The number of fused-ring (bicyclic) bond motifs is 1. The molecule has 8 heteroatoms. The van der Waals surface area contributed by atoms with E-state index in [0.717, 1.165) is 29.7 Å². The third-order valence-electron chi connectivity index (χ3n) is 5.31. The zero-order valence-electron chi connectivity index (χ0n) is 18.0. The number of nitrogen functional groups attached to an aromatic ring is 1. The van der Waals surface area contributed by atoms with Gasteiger partial charge < -0.3 is 15.4 Å². The molecule has 160 valence electrons. The topological polar surface area (TPSA) is 110 Å². The highest BCUT2D eigenvalue weighted by Gasteiger charge is 2.29. The van der Waals surface area contributed by atoms with E-state index in [4.69, 9.17) is 15.5 Å². The summed E-state index contributed by atoms with van der Waals surface area (Å²) in [6.07, 6.45) is 3.19. The van der Waals surface area contributed by atoms with Gasteiger partial charge in [0.15, 0.2) is 5.65 Å². The van der Waals surface area contributed by atoms with Crippen LogP contribution in [0.5, 0.6) is 0 Å². The molecule has 1 amide bonds. The Balaban J connectivity index is 1.67. The molecule has 1 unspecified atom stereocenters. The van der Waals surface area contributed by atoms with Gasteiger partial charge in [0, 0.05) is 30.6 Å². The second-order valence-corrected chi connectivity index (χ2v) is 8.86. The Morgan fingerprint density at radius 3 is 2.87 bits per heavy atom. The monoisotopic (exact) mass is 418 g/mol. The molecule has 1 aliphatic heterocycles. The van der Waals surface area contributed by atoms with Gasteiger partial charge in [0.1, 0.15) is 11.4 Å². The molecule has 1 aromatic carbocycles. The van der Waals surface area contributed by atoms with E-state index in [2.05, 4.69) is 11.2 Å². The Morgan fingerprint density at radius 1 is 1.32 bits per heavy atom. The van der Waals surface area contributed by atoms with Crippen LogP contribution in [0, 0.1) is 11.3 Å². The van der Waals surface area contributed by atoms with Crippen LogP contribution >= 0.6 is 0 Å². The van der Waals surface area contributed by atoms with E-state index < -0.39 is 5.60 Å². The number of rotatable bonds is 2. The third kappa shape index (κ3) is 4.31. The molecule has 1 fully saturated rings. The number of likely N-dealkylation sites (tertiary alicyclic amines) is 1. The minimum Gasteiger partial charge on any atom is -0.444 e. The lowest BCUT2D eigenvalue weighted by Gasteiger charge is -2.34. The highest BCUT2D eigenvalue weighted by atomic mass is 16.6. The van der Waals surface area contributed by atoms with Crippen molar-refractivity contribution in [2.24, 2.45) is 0 Å². The van der Waals surface area contributed by atoms with E-state index >= 15 is 0 Å². The number of ether oxygens (including phenoxy) is 1. The van der Waals surface area contributed by atoms with Crippen LogP contribution in [-0.4, -0.2) is 44.3 Å². The molecule has 4 rings (SSSR count). The second-order valence-electron chi connectivity index (χ2n) is 8.86. The van der Waals surface area contributed by atoms with Crippen LogP contribution in [0.1, 0.15) is 50.8 Å². The van der Waals surface area contributed by atoms with Gasteiger partial charge in [-0.2, -0.15) is 14.9 Å². The van der Waals surface area contributed by atoms with Gasteiger partial charge in [-0.05, 0) is 51.3 Å². The quantitative estimate of drug-likeness (QED) is 0.674. The highest BCUT2D eigenvalue weighted by molar-refractivity contribution is 5.78. The fourth-order valence-electron chi connectivity index (χ4n) is 3.89. The summed E-state index contributed by atoms with van der Waals surface area (Å²) < 4.78 is 7.15. The maximum atomic E-state index is 12.5. The molecule has 2 aromatic heterocycles. The van der Waals surface area contributed by atoms with Gasteiger partial charge >= 0.3 is 6.09 Å². The zero-order valence-corrected chi connectivity index (χ0v) is 18.0. The first kappa shape index (κ1) is 20.7. The van der Waals surface area contributed by atoms with Crippen LogP contribution < -0.4 is 5.73 Å². The van der Waals surface area contributed by atoms with Crippen molar-refractivity contribution in [1.29, 1.82) is 5.26 Å². The Labute approximate surface area is 181 Å². The van der Waals surface area contributed by atoms with E-state index in [9.17, 15) is 10.1 Å². The molecule has 8 nitrogen and oxygen atoms in total. The summed E-state index contributed by atoms with van der Waals surface area (Å²) in [6, 6.07) is 11.3. The fourth-order valence-corrected chi connectivity index (χ4v) is 3.89. The molecule has 0 aliphatic carbocycles. The third-order valence-corrected chi connectivity index (χ3v) is 5.31. The van der Waals surface area contributed by atoms with E-state index in [0.29, 0.717) is 30.1 Å². The summed E-state index contributed by atoms with van der Waals surface area (Å²) in [6.45, 7) is 6.80. The first-order valence-corrected chi connectivity index (χ1v) is 10.4. The molecular weight excluding hydrogens is 392 g/mol. The molecule has 2 N–H and O–H groups in total. The van der Waals surface area contributed by atoms with Gasteiger partial charge in [-0.25, -0.2) is 9.78 Å². The normalized spacial score (nSPS) is 16.8. The Hall–Kier alpha value is -3.60. The van der Waals surface area contributed by atoms with Gasteiger partial charge in [0.2, 0.25) is 0 Å². The number of nitrogens with zero attached hydrogens (tertiary/aromatic N) is 5. The SMILES string of the molecule is CC(C)(C)OC(=O)N1CCCC(c2cc(N)n3ncc(-c4cccc(C#N)c4)c3n2)C1. The molecule has 1 saturated heterocycles. The molecule has 31 heavy (non-hydrogen) atoms. The van der Waals surface area contributed by atoms with Crippen molar-refractivity contribution in [1.82, 2.24) is 19.5 Å². The maximum Gasteiger partial charge on any atom is 0.410 e. The van der Waals surface area contributed by atoms with E-state index in [-0.39, 0.29) is 12.0 Å². The van der Waals surface area contributed by atoms with Gasteiger partial charge in [-0.3, -0.25) is 0 Å². The van der Waals surface area contributed by atoms with Crippen molar-refractivity contribution < 1.29 is 9.53 Å². The number of hydrogen-bond acceptors (Lipinski definition) is 6. The predicted octanol–water partition coefficient (Wildman–Crippen LogP) is 3.96. The number of hydrogen-bond donors (Lipinski definition) is 1. The number of carbonyl (C=O) groups is 1. The molecular formula is C23H26N6O2. The predicted molar refractivity (Wildman–Crippen MR) is 117 cm³/mol. The van der Waals surface area contributed by atoms with Crippen LogP contribution in [-0.2, 0) is 4.74 Å². The fraction of sp³-hybridized carbons (Fsp3) is 0.391. The Kier molecular flexibility index (Phi) is 5.27. The van der Waals surface area contributed by atoms with Crippen molar-refractivity contribution in [2.45, 2.75) is 45.1 Å². The van der Waals surface area contributed by atoms with E-state index in [1.54, 1.807) is 21.7 Å². The average Bonchev–Trinajstić information content (AvgIpc) is 3.17. The number of nitriles is 1. The number of aromatic nitrogens is 3. The molecule has 1 aliphatic rings. The minimum absolute atomic E-state index is 0.0572. The highest BCUT2D eigenvalue weighted by Crippen LogP contribution is 2.31. The summed E-state index contributed by atoms with van der Waals surface area (Å²) in [5.41, 5.74) is 9.47. The minimum atomic E-state index is -0.532. The number of piperidine rings is 1. The standard InChI is InChI=1S/C23H26N6O2/c1-23(2,3)31-22(30)28-9-5-8-17(14-28)19-11-20(25)29-21(27-19)18(13-26-29)16-7-4-6-15(10-16)12-24/h4,6-7,10-11,13,17H,5,8-9,14,25H2,1-3H3. The smallest absolute Gasteiger partial charge is 0.410 e. The van der Waals surface area contributed by atoms with Gasteiger partial charge in [0.25, 0.3) is 0 Å². The number of benzene rings is 1. The van der Waals surface area contributed by atoms with Gasteiger partial charge in [0.05, 0.1) is 23.5 Å². The summed E-state index contributed by atoms with van der Waals surface area (Å²) in [7, 11) is 0. The molecule has 1 atom stereocenters. The van der Waals surface area contributed by atoms with Crippen molar-refractivity contribution >= 4 is 17.6 Å². The summed E-state index contributed by atoms with van der Waals surface area (Å²) in [5.74, 6) is 0.541. The number of carbonyl (C=O) groups excluding carboxylic acids is 1. The van der Waals surface area contributed by atoms with Crippen LogP contribution in [0.25, 0.3) is 16.8 Å². The van der Waals surface area contributed by atoms with Crippen molar-refractivity contribution in [3.63, 3.8) is 0 Å². The van der Waals surface area contributed by atoms with Crippen molar-refractivity contribution in [3.05, 3.63) is 47.8 Å². The first-order chi connectivity index (χ1) is 14.7. The van der Waals surface area contributed by atoms with Crippen molar-refractivity contribution in [2.75, 3.05) is 18.8 Å². The van der Waals surface area contributed by atoms with Crippen LogP contribution in [0.4, 0.5) is 10.6 Å². The van der Waals surface area contributed by atoms with Crippen LogP contribution in [0.3, 0.4) is 0 Å². The maximum absolute atomic E-state index is 12.5. The molecule has 0 saturated carbocycles. The lowest BCUT2D eigenvalue weighted by molar-refractivity contribution is 0.0197. The number of amides is 1. The molecule has 3 aromatic rings.